The van der Waals surface area contributed by atoms with Crippen LogP contribution in [0.5, 0.6) is 0 Å². The van der Waals surface area contributed by atoms with Crippen molar-refractivity contribution in [1.82, 2.24) is 4.90 Å². The summed E-state index contributed by atoms with van der Waals surface area (Å²) in [6.07, 6.45) is 5.80. The molecule has 3 rings (SSSR count). The Morgan fingerprint density at radius 1 is 1.25 bits per heavy atom. The molecule has 3 nitrogen and oxygen atoms in total. The first kappa shape index (κ1) is 13.6. The fraction of sp³-hybridized carbons (Fsp3) is 0.588. The van der Waals surface area contributed by atoms with Crippen LogP contribution >= 0.6 is 0 Å². The van der Waals surface area contributed by atoms with Gasteiger partial charge in [0.2, 0.25) is 5.91 Å². The van der Waals surface area contributed by atoms with Gasteiger partial charge in [0.1, 0.15) is 0 Å². The number of rotatable bonds is 3. The van der Waals surface area contributed by atoms with Crippen LogP contribution in [-0.2, 0) is 11.2 Å². The third-order valence-corrected chi connectivity index (χ3v) is 4.62. The zero-order valence-corrected chi connectivity index (χ0v) is 12.2. The van der Waals surface area contributed by atoms with E-state index in [1.807, 2.05) is 0 Å². The summed E-state index contributed by atoms with van der Waals surface area (Å²) in [5.74, 6) is 0.302. The van der Waals surface area contributed by atoms with Crippen LogP contribution in [0.15, 0.2) is 24.3 Å². The highest BCUT2D eigenvalue weighted by Crippen LogP contribution is 2.40. The van der Waals surface area contributed by atoms with Crippen molar-refractivity contribution in [2.45, 2.75) is 63.6 Å². The Balaban J connectivity index is 2.02. The lowest BCUT2D eigenvalue weighted by atomic mass is 9.91. The van der Waals surface area contributed by atoms with Gasteiger partial charge in [-0.3, -0.25) is 4.79 Å². The number of nitrogens with zero attached hydrogens (tertiary/aromatic N) is 1. The Labute approximate surface area is 121 Å². The van der Waals surface area contributed by atoms with E-state index in [4.69, 9.17) is 5.73 Å². The molecule has 1 saturated heterocycles. The van der Waals surface area contributed by atoms with Gasteiger partial charge in [-0.05, 0) is 43.2 Å². The van der Waals surface area contributed by atoms with Crippen molar-refractivity contribution in [1.29, 1.82) is 0 Å². The van der Waals surface area contributed by atoms with Crippen LogP contribution in [0.1, 0.15) is 56.2 Å². The van der Waals surface area contributed by atoms with Crippen molar-refractivity contribution >= 4 is 5.91 Å². The quantitative estimate of drug-likeness (QED) is 0.919. The van der Waals surface area contributed by atoms with Gasteiger partial charge in [-0.15, -0.1) is 0 Å². The minimum atomic E-state index is 0.0646. The standard InChI is InChI=1S/C17H24N2O/c1-2-12-6-3-4-7-14(12)17-15(18)8-5-9-16(20)19(17)13-10-11-13/h3-4,6-7,13,15,17H,2,5,8-11,18H2,1H3. The monoisotopic (exact) mass is 272 g/mol. The van der Waals surface area contributed by atoms with Crippen LogP contribution in [0.3, 0.4) is 0 Å². The first-order valence-electron chi connectivity index (χ1n) is 7.87. The van der Waals surface area contributed by atoms with E-state index in [2.05, 4.69) is 36.1 Å². The Bertz CT molecular complexity index is 496. The number of amides is 1. The maximum atomic E-state index is 12.5. The second-order valence-electron chi connectivity index (χ2n) is 6.09. The lowest BCUT2D eigenvalue weighted by molar-refractivity contribution is -0.133. The molecule has 1 aliphatic carbocycles. The number of carbonyl (C=O) groups excluding carboxylic acids is 1. The minimum absolute atomic E-state index is 0.0646. The van der Waals surface area contributed by atoms with E-state index in [-0.39, 0.29) is 12.1 Å². The second kappa shape index (κ2) is 5.57. The zero-order chi connectivity index (χ0) is 14.1. The summed E-state index contributed by atoms with van der Waals surface area (Å²) < 4.78 is 0. The number of aryl methyl sites for hydroxylation is 1. The summed E-state index contributed by atoms with van der Waals surface area (Å²) >= 11 is 0. The van der Waals surface area contributed by atoms with Crippen molar-refractivity contribution in [2.24, 2.45) is 5.73 Å². The van der Waals surface area contributed by atoms with Gasteiger partial charge in [0.25, 0.3) is 0 Å². The van der Waals surface area contributed by atoms with E-state index in [1.165, 1.54) is 11.1 Å². The van der Waals surface area contributed by atoms with Gasteiger partial charge >= 0.3 is 0 Å². The third kappa shape index (κ3) is 2.47. The van der Waals surface area contributed by atoms with Crippen LogP contribution < -0.4 is 5.73 Å². The summed E-state index contributed by atoms with van der Waals surface area (Å²) in [6, 6.07) is 9.06. The SMILES string of the molecule is CCc1ccccc1C1C(N)CCCC(=O)N1C1CC1. The fourth-order valence-electron chi connectivity index (χ4n) is 3.45. The molecular formula is C17H24N2O. The molecule has 0 aromatic heterocycles. The maximum Gasteiger partial charge on any atom is 0.223 e. The van der Waals surface area contributed by atoms with Crippen LogP contribution in [0, 0.1) is 0 Å². The second-order valence-corrected chi connectivity index (χ2v) is 6.09. The molecule has 1 aliphatic heterocycles. The predicted octanol–water partition coefficient (Wildman–Crippen LogP) is 2.79. The van der Waals surface area contributed by atoms with Gasteiger partial charge in [-0.1, -0.05) is 31.2 Å². The van der Waals surface area contributed by atoms with Crippen molar-refractivity contribution in [3.05, 3.63) is 35.4 Å². The molecule has 1 heterocycles. The van der Waals surface area contributed by atoms with Crippen molar-refractivity contribution in [2.75, 3.05) is 0 Å². The minimum Gasteiger partial charge on any atom is -0.331 e. The molecule has 0 bridgehead atoms. The molecule has 0 radical (unpaired) electrons. The number of hydrogen-bond donors (Lipinski definition) is 1. The van der Waals surface area contributed by atoms with E-state index >= 15 is 0 Å². The average molecular weight is 272 g/mol. The number of carbonyl (C=O) groups is 1. The zero-order valence-electron chi connectivity index (χ0n) is 12.2. The summed E-state index contributed by atoms with van der Waals surface area (Å²) in [5.41, 5.74) is 9.05. The molecule has 0 spiro atoms. The Kier molecular flexibility index (Phi) is 3.79. The Hall–Kier alpha value is -1.35. The molecule has 108 valence electrons. The number of likely N-dealkylation sites (tertiary alicyclic amines) is 1. The highest BCUT2D eigenvalue weighted by Gasteiger charge is 2.41. The molecule has 2 aliphatic rings. The van der Waals surface area contributed by atoms with Gasteiger partial charge in [-0.25, -0.2) is 0 Å². The average Bonchev–Trinajstić information content (AvgIpc) is 3.28. The Morgan fingerprint density at radius 2 is 2.00 bits per heavy atom. The van der Waals surface area contributed by atoms with Gasteiger partial charge in [0.05, 0.1) is 6.04 Å². The first-order valence-corrected chi connectivity index (χ1v) is 7.87. The molecule has 2 N–H and O–H groups in total. The largest absolute Gasteiger partial charge is 0.331 e. The van der Waals surface area contributed by atoms with E-state index in [9.17, 15) is 4.79 Å². The summed E-state index contributed by atoms with van der Waals surface area (Å²) in [4.78, 5) is 14.6. The van der Waals surface area contributed by atoms with E-state index in [0.717, 1.165) is 32.1 Å². The van der Waals surface area contributed by atoms with Crippen LogP contribution in [0.2, 0.25) is 0 Å². The van der Waals surface area contributed by atoms with Gasteiger partial charge in [-0.2, -0.15) is 0 Å². The highest BCUT2D eigenvalue weighted by atomic mass is 16.2. The summed E-state index contributed by atoms with van der Waals surface area (Å²) in [5, 5.41) is 0. The molecule has 1 aromatic carbocycles. The van der Waals surface area contributed by atoms with Gasteiger partial charge in [0.15, 0.2) is 0 Å². The summed E-state index contributed by atoms with van der Waals surface area (Å²) in [7, 11) is 0. The predicted molar refractivity (Wildman–Crippen MR) is 80.3 cm³/mol. The smallest absolute Gasteiger partial charge is 0.223 e. The number of benzene rings is 1. The molecule has 3 heteroatoms. The lowest BCUT2D eigenvalue weighted by Crippen LogP contribution is -2.43. The third-order valence-electron chi connectivity index (χ3n) is 4.62. The molecule has 2 unspecified atom stereocenters. The summed E-state index contributed by atoms with van der Waals surface area (Å²) in [6.45, 7) is 2.17. The van der Waals surface area contributed by atoms with Crippen molar-refractivity contribution in [3.8, 4) is 0 Å². The number of hydrogen-bond acceptors (Lipinski definition) is 2. The van der Waals surface area contributed by atoms with Crippen LogP contribution in [0.25, 0.3) is 0 Å². The van der Waals surface area contributed by atoms with E-state index in [0.29, 0.717) is 18.4 Å². The number of nitrogens with two attached hydrogens (primary N) is 1. The molecular weight excluding hydrogens is 248 g/mol. The highest BCUT2D eigenvalue weighted by molar-refractivity contribution is 5.78. The topological polar surface area (TPSA) is 46.3 Å². The van der Waals surface area contributed by atoms with Crippen LogP contribution in [0.4, 0.5) is 0 Å². The maximum absolute atomic E-state index is 12.5. The van der Waals surface area contributed by atoms with Crippen molar-refractivity contribution in [3.63, 3.8) is 0 Å². The fourth-order valence-corrected chi connectivity index (χ4v) is 3.45. The van der Waals surface area contributed by atoms with Gasteiger partial charge < -0.3 is 10.6 Å². The molecule has 1 aromatic rings. The molecule has 2 fully saturated rings. The van der Waals surface area contributed by atoms with E-state index in [1.54, 1.807) is 0 Å². The normalized spacial score (nSPS) is 27.5. The molecule has 2 atom stereocenters. The molecule has 1 saturated carbocycles. The van der Waals surface area contributed by atoms with E-state index < -0.39 is 0 Å². The van der Waals surface area contributed by atoms with Gasteiger partial charge in [0, 0.05) is 18.5 Å². The Morgan fingerprint density at radius 3 is 2.70 bits per heavy atom. The first-order chi connectivity index (χ1) is 9.72. The van der Waals surface area contributed by atoms with Crippen molar-refractivity contribution < 1.29 is 4.79 Å². The molecule has 20 heavy (non-hydrogen) atoms. The lowest BCUT2D eigenvalue weighted by Gasteiger charge is -2.35. The molecule has 1 amide bonds. The van der Waals surface area contributed by atoms with Crippen LogP contribution in [-0.4, -0.2) is 22.9 Å².